The molecule has 5 nitrogen and oxygen atoms in total. The number of nitrogens with zero attached hydrogens (tertiary/aromatic N) is 2. The van der Waals surface area contributed by atoms with Crippen LogP contribution in [0.5, 0.6) is 0 Å². The number of rotatable bonds is 6. The molecule has 0 saturated heterocycles. The van der Waals surface area contributed by atoms with Gasteiger partial charge < -0.3 is 10.6 Å². The fourth-order valence-corrected chi connectivity index (χ4v) is 2.48. The Balaban J connectivity index is 1.60. The molecule has 126 valence electrons. The molecule has 25 heavy (non-hydrogen) atoms. The summed E-state index contributed by atoms with van der Waals surface area (Å²) in [7, 11) is 0. The summed E-state index contributed by atoms with van der Waals surface area (Å²) in [5, 5.41) is 6.73. The Bertz CT molecular complexity index is 855. The molecule has 0 aliphatic rings. The van der Waals surface area contributed by atoms with Crippen molar-refractivity contribution in [3.05, 3.63) is 89.0 Å². The van der Waals surface area contributed by atoms with E-state index in [1.807, 2.05) is 36.4 Å². The summed E-state index contributed by atoms with van der Waals surface area (Å²) >= 11 is 6.10. The number of hydrogen-bond donors (Lipinski definition) is 2. The second-order valence-corrected chi connectivity index (χ2v) is 5.82. The molecule has 0 atom stereocenters. The molecule has 0 unspecified atom stereocenters. The summed E-state index contributed by atoms with van der Waals surface area (Å²) in [6, 6.07) is 14.8. The molecule has 6 heteroatoms. The highest BCUT2D eigenvalue weighted by Gasteiger charge is 2.09. The Labute approximate surface area is 151 Å². The van der Waals surface area contributed by atoms with E-state index >= 15 is 0 Å². The molecule has 1 amide bonds. The molecular weight excluding hydrogens is 336 g/mol. The van der Waals surface area contributed by atoms with Crippen LogP contribution in [0.4, 0.5) is 5.69 Å². The summed E-state index contributed by atoms with van der Waals surface area (Å²) in [6.45, 7) is 1.00. The molecule has 2 N–H and O–H groups in total. The first-order chi connectivity index (χ1) is 12.2. The van der Waals surface area contributed by atoms with Gasteiger partial charge in [0, 0.05) is 42.4 Å². The zero-order valence-corrected chi connectivity index (χ0v) is 14.2. The number of pyridine rings is 2. The molecule has 0 aliphatic heterocycles. The second-order valence-electron chi connectivity index (χ2n) is 5.41. The lowest BCUT2D eigenvalue weighted by Gasteiger charge is -2.09. The van der Waals surface area contributed by atoms with E-state index in [1.165, 1.54) is 0 Å². The Kier molecular flexibility index (Phi) is 5.59. The first kappa shape index (κ1) is 16.9. The van der Waals surface area contributed by atoms with Gasteiger partial charge in [-0.2, -0.15) is 0 Å². The molecular formula is C19H17ClN4O. The normalized spacial score (nSPS) is 10.3. The van der Waals surface area contributed by atoms with Crippen LogP contribution in [0.2, 0.25) is 5.02 Å². The van der Waals surface area contributed by atoms with Crippen molar-refractivity contribution in [2.24, 2.45) is 0 Å². The maximum absolute atomic E-state index is 12.3. The van der Waals surface area contributed by atoms with Crippen molar-refractivity contribution in [1.29, 1.82) is 0 Å². The minimum absolute atomic E-state index is 0.243. The molecule has 3 rings (SSSR count). The van der Waals surface area contributed by atoms with Crippen LogP contribution >= 0.6 is 11.6 Å². The van der Waals surface area contributed by atoms with Crippen LogP contribution in [0, 0.1) is 0 Å². The molecule has 0 radical (unpaired) electrons. The molecule has 0 spiro atoms. The monoisotopic (exact) mass is 352 g/mol. The van der Waals surface area contributed by atoms with E-state index in [2.05, 4.69) is 20.6 Å². The third-order valence-electron chi connectivity index (χ3n) is 3.64. The molecule has 0 bridgehead atoms. The molecule has 3 aromatic rings. The molecule has 0 fully saturated rings. The molecule has 1 aromatic carbocycles. The zero-order valence-electron chi connectivity index (χ0n) is 13.4. The average Bonchev–Trinajstić information content (AvgIpc) is 2.66. The van der Waals surface area contributed by atoms with Crippen LogP contribution in [0.25, 0.3) is 0 Å². The van der Waals surface area contributed by atoms with E-state index in [0.717, 1.165) is 16.8 Å². The van der Waals surface area contributed by atoms with E-state index in [1.54, 1.807) is 30.7 Å². The van der Waals surface area contributed by atoms with E-state index in [4.69, 9.17) is 11.6 Å². The van der Waals surface area contributed by atoms with Gasteiger partial charge in [-0.3, -0.25) is 14.8 Å². The van der Waals surface area contributed by atoms with Gasteiger partial charge in [0.05, 0.1) is 0 Å². The van der Waals surface area contributed by atoms with Gasteiger partial charge in [0.25, 0.3) is 5.91 Å². The van der Waals surface area contributed by atoms with Crippen molar-refractivity contribution in [1.82, 2.24) is 15.3 Å². The molecule has 2 aromatic heterocycles. The van der Waals surface area contributed by atoms with Gasteiger partial charge >= 0.3 is 0 Å². The first-order valence-corrected chi connectivity index (χ1v) is 8.20. The van der Waals surface area contributed by atoms with Crippen LogP contribution < -0.4 is 10.6 Å². The van der Waals surface area contributed by atoms with Crippen LogP contribution in [-0.2, 0) is 13.1 Å². The molecule has 2 heterocycles. The van der Waals surface area contributed by atoms with Crippen LogP contribution in [-0.4, -0.2) is 15.9 Å². The van der Waals surface area contributed by atoms with E-state index in [9.17, 15) is 4.79 Å². The van der Waals surface area contributed by atoms with Crippen molar-refractivity contribution in [3.8, 4) is 0 Å². The van der Waals surface area contributed by atoms with Gasteiger partial charge in [-0.25, -0.2) is 0 Å². The predicted molar refractivity (Wildman–Crippen MR) is 98.4 cm³/mol. The second kappa shape index (κ2) is 8.26. The number of benzene rings is 1. The Hall–Kier alpha value is -2.92. The van der Waals surface area contributed by atoms with Crippen molar-refractivity contribution in [2.45, 2.75) is 13.1 Å². The number of halogens is 1. The van der Waals surface area contributed by atoms with Gasteiger partial charge in [0.1, 0.15) is 5.69 Å². The molecule has 0 aliphatic carbocycles. The molecule has 0 saturated carbocycles. The Morgan fingerprint density at radius 3 is 2.60 bits per heavy atom. The van der Waals surface area contributed by atoms with Gasteiger partial charge in [-0.05, 0) is 41.5 Å². The predicted octanol–water partition coefficient (Wildman–Crippen LogP) is 3.67. The van der Waals surface area contributed by atoms with Crippen LogP contribution in [0.15, 0.2) is 67.1 Å². The highest BCUT2D eigenvalue weighted by atomic mass is 35.5. The third kappa shape index (κ3) is 4.78. The summed E-state index contributed by atoms with van der Waals surface area (Å²) in [6.07, 6.45) is 5.10. The summed E-state index contributed by atoms with van der Waals surface area (Å²) < 4.78 is 0. The lowest BCUT2D eigenvalue weighted by molar-refractivity contribution is 0.0946. The lowest BCUT2D eigenvalue weighted by atomic mass is 10.2. The van der Waals surface area contributed by atoms with Crippen molar-refractivity contribution in [3.63, 3.8) is 0 Å². The van der Waals surface area contributed by atoms with Crippen molar-refractivity contribution >= 4 is 23.2 Å². The van der Waals surface area contributed by atoms with Crippen molar-refractivity contribution in [2.75, 3.05) is 5.32 Å². The van der Waals surface area contributed by atoms with Gasteiger partial charge in [0.15, 0.2) is 0 Å². The maximum Gasteiger partial charge on any atom is 0.270 e. The fourth-order valence-electron chi connectivity index (χ4n) is 2.28. The minimum Gasteiger partial charge on any atom is -0.381 e. The highest BCUT2D eigenvalue weighted by Crippen LogP contribution is 2.15. The highest BCUT2D eigenvalue weighted by molar-refractivity contribution is 6.31. The SMILES string of the molecule is O=C(NCc1ccccc1Cl)c1cc(NCc2ccncc2)ccn1. The number of carbonyl (C=O) groups is 1. The average molecular weight is 353 g/mol. The fraction of sp³-hybridized carbons (Fsp3) is 0.105. The minimum atomic E-state index is -0.243. The van der Waals surface area contributed by atoms with Crippen LogP contribution in [0.3, 0.4) is 0 Å². The number of anilines is 1. The number of carbonyl (C=O) groups excluding carboxylic acids is 1. The van der Waals surface area contributed by atoms with E-state index in [-0.39, 0.29) is 5.91 Å². The lowest BCUT2D eigenvalue weighted by Crippen LogP contribution is -2.24. The van der Waals surface area contributed by atoms with E-state index < -0.39 is 0 Å². The zero-order chi connectivity index (χ0) is 17.5. The Morgan fingerprint density at radius 2 is 1.80 bits per heavy atom. The van der Waals surface area contributed by atoms with Gasteiger partial charge in [0.2, 0.25) is 0 Å². The summed E-state index contributed by atoms with van der Waals surface area (Å²) in [4.78, 5) is 20.4. The van der Waals surface area contributed by atoms with Gasteiger partial charge in [-0.1, -0.05) is 29.8 Å². The largest absolute Gasteiger partial charge is 0.381 e. The quantitative estimate of drug-likeness (QED) is 0.710. The first-order valence-electron chi connectivity index (χ1n) is 7.83. The topological polar surface area (TPSA) is 66.9 Å². The standard InChI is InChI=1S/C19H17ClN4O/c20-17-4-2-1-3-15(17)13-24-19(25)18-11-16(7-10-22-18)23-12-14-5-8-21-9-6-14/h1-11H,12-13H2,(H,22,23)(H,24,25). The van der Waals surface area contributed by atoms with Gasteiger partial charge in [-0.15, -0.1) is 0 Å². The van der Waals surface area contributed by atoms with E-state index in [0.29, 0.717) is 23.8 Å². The number of nitrogens with one attached hydrogen (secondary N) is 2. The summed E-state index contributed by atoms with van der Waals surface area (Å²) in [5.41, 5.74) is 3.16. The van der Waals surface area contributed by atoms with Crippen LogP contribution in [0.1, 0.15) is 21.6 Å². The Morgan fingerprint density at radius 1 is 1.00 bits per heavy atom. The number of hydrogen-bond acceptors (Lipinski definition) is 4. The third-order valence-corrected chi connectivity index (χ3v) is 4.00. The smallest absolute Gasteiger partial charge is 0.270 e. The van der Waals surface area contributed by atoms with Crippen molar-refractivity contribution < 1.29 is 4.79 Å². The number of aromatic nitrogens is 2. The summed E-state index contributed by atoms with van der Waals surface area (Å²) in [5.74, 6) is -0.243. The maximum atomic E-state index is 12.3. The number of amides is 1.